The van der Waals surface area contributed by atoms with Gasteiger partial charge in [0.15, 0.2) is 6.29 Å². The molecule has 7 nitrogen and oxygen atoms in total. The van der Waals surface area contributed by atoms with Crippen molar-refractivity contribution in [3.8, 4) is 5.75 Å². The van der Waals surface area contributed by atoms with Crippen LogP contribution in [0.3, 0.4) is 0 Å². The van der Waals surface area contributed by atoms with Gasteiger partial charge in [-0.25, -0.2) is 0 Å². The fraction of sp³-hybridized carbons (Fsp3) is 0.600. The highest BCUT2D eigenvalue weighted by molar-refractivity contribution is 5.26. The summed E-state index contributed by atoms with van der Waals surface area (Å²) in [5.74, 6) is 1.07. The van der Waals surface area contributed by atoms with E-state index in [2.05, 4.69) is 6.92 Å². The summed E-state index contributed by atoms with van der Waals surface area (Å²) in [7, 11) is 1.62. The van der Waals surface area contributed by atoms with E-state index in [-0.39, 0.29) is 18.3 Å². The van der Waals surface area contributed by atoms with Gasteiger partial charge in [0.25, 0.3) is 0 Å². The van der Waals surface area contributed by atoms with E-state index in [1.54, 1.807) is 7.11 Å². The minimum absolute atomic E-state index is 0.147. The molecule has 0 spiro atoms. The molecule has 0 bridgehead atoms. The number of rotatable bonds is 11. The van der Waals surface area contributed by atoms with Crippen molar-refractivity contribution in [2.75, 3.05) is 20.3 Å². The third kappa shape index (κ3) is 8.07. The van der Waals surface area contributed by atoms with Crippen molar-refractivity contribution in [1.82, 2.24) is 0 Å². The van der Waals surface area contributed by atoms with Crippen LogP contribution in [-0.4, -0.2) is 37.6 Å². The maximum absolute atomic E-state index is 10.7. The molecule has 1 saturated heterocycles. The molecule has 0 saturated carbocycles. The first kappa shape index (κ1) is 21.3. The zero-order valence-electron chi connectivity index (χ0n) is 16.0. The van der Waals surface area contributed by atoms with Crippen LogP contribution in [0.4, 0.5) is 0 Å². The maximum atomic E-state index is 10.7. The molecule has 0 radical (unpaired) electrons. The van der Waals surface area contributed by atoms with Gasteiger partial charge in [-0.05, 0) is 37.0 Å². The van der Waals surface area contributed by atoms with E-state index in [1.165, 1.54) is 6.08 Å². The molecule has 0 amide bonds. The molecule has 150 valence electrons. The Morgan fingerprint density at radius 3 is 2.59 bits per heavy atom. The molecule has 1 fully saturated rings. The second-order valence-electron chi connectivity index (χ2n) is 6.70. The molecule has 0 aliphatic carbocycles. The van der Waals surface area contributed by atoms with Gasteiger partial charge in [0.1, 0.15) is 5.75 Å². The number of nitro groups is 1. The highest BCUT2D eigenvalue weighted by Gasteiger charge is 2.21. The Bertz CT molecular complexity index is 583. The van der Waals surface area contributed by atoms with E-state index in [9.17, 15) is 10.1 Å². The summed E-state index contributed by atoms with van der Waals surface area (Å²) in [6.45, 7) is 3.99. The van der Waals surface area contributed by atoms with Crippen LogP contribution in [0, 0.1) is 16.0 Å². The molecule has 27 heavy (non-hydrogen) atoms. The normalized spacial score (nSPS) is 17.7. The zero-order valence-corrected chi connectivity index (χ0v) is 16.0. The number of ether oxygens (including phenoxy) is 4. The summed E-state index contributed by atoms with van der Waals surface area (Å²) in [5, 5.41) is 10.7. The van der Waals surface area contributed by atoms with Gasteiger partial charge in [-0.2, -0.15) is 0 Å². The van der Waals surface area contributed by atoms with Crippen LogP contribution in [-0.2, 0) is 20.8 Å². The first-order valence-corrected chi connectivity index (χ1v) is 9.38. The second kappa shape index (κ2) is 11.7. The molecular formula is C20H29NO6. The molecule has 1 aliphatic heterocycles. The minimum atomic E-state index is -0.462. The SMILES string of the molecule is COc1ccc(COC(/C=C/[N+](=O)[O-])CCCC(C)C2OCCCO2)cc1. The van der Waals surface area contributed by atoms with Gasteiger partial charge < -0.3 is 18.9 Å². The van der Waals surface area contributed by atoms with Crippen molar-refractivity contribution in [2.45, 2.75) is 51.6 Å². The first-order valence-electron chi connectivity index (χ1n) is 9.38. The molecule has 7 heteroatoms. The van der Waals surface area contributed by atoms with Gasteiger partial charge in [0.2, 0.25) is 6.20 Å². The van der Waals surface area contributed by atoms with Crippen molar-refractivity contribution in [1.29, 1.82) is 0 Å². The molecular weight excluding hydrogens is 350 g/mol. The number of methoxy groups -OCH3 is 1. The van der Waals surface area contributed by atoms with E-state index in [0.29, 0.717) is 13.0 Å². The van der Waals surface area contributed by atoms with Gasteiger partial charge >= 0.3 is 0 Å². The zero-order chi connectivity index (χ0) is 19.5. The Hall–Kier alpha value is -1.96. The third-order valence-corrected chi connectivity index (χ3v) is 4.51. The number of hydrogen-bond acceptors (Lipinski definition) is 6. The smallest absolute Gasteiger partial charge is 0.233 e. The number of hydrogen-bond donors (Lipinski definition) is 0. The topological polar surface area (TPSA) is 80.1 Å². The fourth-order valence-corrected chi connectivity index (χ4v) is 2.94. The Morgan fingerprint density at radius 1 is 1.26 bits per heavy atom. The summed E-state index contributed by atoms with van der Waals surface area (Å²) in [6.07, 6.45) is 5.45. The molecule has 1 heterocycles. The van der Waals surface area contributed by atoms with Gasteiger partial charge in [-0.15, -0.1) is 0 Å². The van der Waals surface area contributed by atoms with Crippen molar-refractivity contribution in [2.24, 2.45) is 5.92 Å². The van der Waals surface area contributed by atoms with Gasteiger partial charge in [0, 0.05) is 12.0 Å². The Balaban J connectivity index is 1.80. The van der Waals surface area contributed by atoms with E-state index in [1.807, 2.05) is 24.3 Å². The van der Waals surface area contributed by atoms with Crippen LogP contribution >= 0.6 is 0 Å². The average molecular weight is 379 g/mol. The molecule has 0 aromatic heterocycles. The van der Waals surface area contributed by atoms with E-state index in [0.717, 1.165) is 50.0 Å². The van der Waals surface area contributed by atoms with Crippen LogP contribution in [0.1, 0.15) is 38.2 Å². The summed E-state index contributed by atoms with van der Waals surface area (Å²) < 4.78 is 22.3. The van der Waals surface area contributed by atoms with Gasteiger partial charge in [-0.1, -0.05) is 25.5 Å². The molecule has 2 atom stereocenters. The molecule has 1 aromatic carbocycles. The second-order valence-corrected chi connectivity index (χ2v) is 6.70. The van der Waals surface area contributed by atoms with Crippen LogP contribution in [0.25, 0.3) is 0 Å². The minimum Gasteiger partial charge on any atom is -0.497 e. The predicted octanol–water partition coefficient (Wildman–Crippen LogP) is 3.94. The quantitative estimate of drug-likeness (QED) is 0.428. The summed E-state index contributed by atoms with van der Waals surface area (Å²) in [4.78, 5) is 10.2. The van der Waals surface area contributed by atoms with E-state index in [4.69, 9.17) is 18.9 Å². The van der Waals surface area contributed by atoms with Gasteiger partial charge in [0.05, 0.1) is 38.0 Å². The van der Waals surface area contributed by atoms with Crippen LogP contribution in [0.5, 0.6) is 5.75 Å². The van der Waals surface area contributed by atoms with E-state index >= 15 is 0 Å². The van der Waals surface area contributed by atoms with Gasteiger partial charge in [-0.3, -0.25) is 10.1 Å². The Labute approximate surface area is 160 Å². The Kier molecular flexibility index (Phi) is 9.24. The monoisotopic (exact) mass is 379 g/mol. The van der Waals surface area contributed by atoms with E-state index < -0.39 is 4.92 Å². The standard InChI is InChI=1S/C20H29NO6/c1-16(20-25-13-4-14-26-20)5-3-6-19(11-12-21(22)23)27-15-17-7-9-18(24-2)10-8-17/h7-12,16,19-20H,3-6,13-15H2,1-2H3/b12-11+. The number of nitrogens with zero attached hydrogens (tertiary/aromatic N) is 1. The first-order chi connectivity index (χ1) is 13.1. The average Bonchev–Trinajstić information content (AvgIpc) is 2.70. The summed E-state index contributed by atoms with van der Waals surface area (Å²) in [5.41, 5.74) is 0.993. The molecule has 0 N–H and O–H groups in total. The lowest BCUT2D eigenvalue weighted by Crippen LogP contribution is -2.30. The molecule has 2 unspecified atom stereocenters. The lowest BCUT2D eigenvalue weighted by molar-refractivity contribution is -0.403. The molecule has 1 aliphatic rings. The lowest BCUT2D eigenvalue weighted by atomic mass is 10.0. The van der Waals surface area contributed by atoms with Crippen molar-refractivity contribution >= 4 is 0 Å². The van der Waals surface area contributed by atoms with Crippen LogP contribution < -0.4 is 4.74 Å². The third-order valence-electron chi connectivity index (χ3n) is 4.51. The Morgan fingerprint density at radius 2 is 1.96 bits per heavy atom. The van der Waals surface area contributed by atoms with Crippen molar-refractivity contribution in [3.05, 3.63) is 52.2 Å². The predicted molar refractivity (Wildman–Crippen MR) is 101 cm³/mol. The van der Waals surface area contributed by atoms with Crippen LogP contribution in [0.2, 0.25) is 0 Å². The largest absolute Gasteiger partial charge is 0.497 e. The molecule has 1 aromatic rings. The highest BCUT2D eigenvalue weighted by Crippen LogP contribution is 2.21. The summed E-state index contributed by atoms with van der Waals surface area (Å²) >= 11 is 0. The van der Waals surface area contributed by atoms with Crippen molar-refractivity contribution in [3.63, 3.8) is 0 Å². The maximum Gasteiger partial charge on any atom is 0.233 e. The highest BCUT2D eigenvalue weighted by atomic mass is 16.7. The van der Waals surface area contributed by atoms with Crippen molar-refractivity contribution < 1.29 is 23.9 Å². The molecule has 2 rings (SSSR count). The number of benzene rings is 1. The van der Waals surface area contributed by atoms with Crippen LogP contribution in [0.15, 0.2) is 36.5 Å². The summed E-state index contributed by atoms with van der Waals surface area (Å²) in [6, 6.07) is 7.58. The fourth-order valence-electron chi connectivity index (χ4n) is 2.94. The lowest BCUT2D eigenvalue weighted by Gasteiger charge is -2.28.